The van der Waals surface area contributed by atoms with Crippen molar-refractivity contribution in [3.63, 3.8) is 0 Å². The number of rotatable bonds is 9. The number of carbonyl (C=O) groups is 1. The van der Waals surface area contributed by atoms with Gasteiger partial charge in [0.25, 0.3) is 0 Å². The molecule has 0 saturated heterocycles. The first-order valence-electron chi connectivity index (χ1n) is 12.4. The van der Waals surface area contributed by atoms with Gasteiger partial charge in [-0.15, -0.1) is 24.8 Å². The molecule has 2 atom stereocenters. The van der Waals surface area contributed by atoms with Crippen LogP contribution in [0, 0.1) is 22.7 Å². The predicted octanol–water partition coefficient (Wildman–Crippen LogP) is 5.03. The second kappa shape index (κ2) is 21.0. The van der Waals surface area contributed by atoms with Gasteiger partial charge in [-0.05, 0) is 97.2 Å². The van der Waals surface area contributed by atoms with E-state index in [1.807, 2.05) is 97.5 Å². The van der Waals surface area contributed by atoms with E-state index in [-0.39, 0.29) is 38.3 Å². The third kappa shape index (κ3) is 17.0. The van der Waals surface area contributed by atoms with Crippen LogP contribution in [0.25, 0.3) is 0 Å². The Balaban J connectivity index is -0.000000674. The van der Waals surface area contributed by atoms with E-state index in [0.29, 0.717) is 30.3 Å². The van der Waals surface area contributed by atoms with Gasteiger partial charge >= 0.3 is 6.09 Å². The van der Waals surface area contributed by atoms with Crippen molar-refractivity contribution >= 4 is 30.9 Å². The molecule has 0 saturated carbocycles. The summed E-state index contributed by atoms with van der Waals surface area (Å²) in [7, 11) is 8.01. The van der Waals surface area contributed by atoms with Crippen molar-refractivity contribution in [3.05, 3.63) is 70.8 Å². The van der Waals surface area contributed by atoms with Crippen molar-refractivity contribution in [2.45, 2.75) is 58.7 Å². The van der Waals surface area contributed by atoms with E-state index in [2.05, 4.69) is 27.3 Å². The number of halogens is 2. The van der Waals surface area contributed by atoms with Gasteiger partial charge in [0, 0.05) is 25.2 Å². The van der Waals surface area contributed by atoms with Crippen molar-refractivity contribution in [1.82, 2.24) is 15.1 Å². The topological polar surface area (TPSA) is 118 Å². The molecule has 0 heterocycles. The Hall–Kier alpha value is -2.85. The van der Waals surface area contributed by atoms with E-state index in [9.17, 15) is 4.79 Å². The maximum atomic E-state index is 11.7. The second-order valence-corrected chi connectivity index (χ2v) is 10.4. The van der Waals surface area contributed by atoms with Crippen LogP contribution in [0.2, 0.25) is 0 Å². The maximum absolute atomic E-state index is 11.7. The van der Waals surface area contributed by atoms with Crippen LogP contribution in [0.5, 0.6) is 0 Å². The minimum Gasteiger partial charge on any atom is -0.444 e. The molecule has 2 rings (SSSR count). The van der Waals surface area contributed by atoms with E-state index >= 15 is 0 Å². The third-order valence-corrected chi connectivity index (χ3v) is 5.72. The van der Waals surface area contributed by atoms with Gasteiger partial charge in [-0.1, -0.05) is 31.7 Å². The Morgan fingerprint density at radius 3 is 1.52 bits per heavy atom. The molecular weight excluding hydrogens is 547 g/mol. The molecule has 3 N–H and O–H groups in total. The van der Waals surface area contributed by atoms with Gasteiger partial charge in [0.1, 0.15) is 5.60 Å². The number of alkyl carbamates (subject to hydrolysis) is 1. The summed E-state index contributed by atoms with van der Waals surface area (Å²) in [5.74, 6) is 0. The average molecular weight is 596 g/mol. The fraction of sp³-hybridized carbons (Fsp3) is 0.500. The van der Waals surface area contributed by atoms with Crippen LogP contribution >= 0.6 is 24.8 Å². The van der Waals surface area contributed by atoms with Crippen LogP contribution in [-0.2, 0) is 17.6 Å². The van der Waals surface area contributed by atoms with Gasteiger partial charge in [0.15, 0.2) is 0 Å². The number of amides is 1. The molecule has 224 valence electrons. The number of hydrogen-bond acceptors (Lipinski definition) is 7. The van der Waals surface area contributed by atoms with Crippen LogP contribution in [0.4, 0.5) is 4.79 Å². The molecule has 0 aromatic heterocycles. The number of carbonyl (C=O) groups excluding carboxylic acids is 1. The fourth-order valence-electron chi connectivity index (χ4n) is 3.40. The Morgan fingerprint density at radius 2 is 1.23 bits per heavy atom. The highest BCUT2D eigenvalue weighted by Crippen LogP contribution is 2.10. The van der Waals surface area contributed by atoms with E-state index < -0.39 is 11.7 Å². The zero-order chi connectivity index (χ0) is 28.0. The van der Waals surface area contributed by atoms with E-state index in [4.69, 9.17) is 21.0 Å². The highest BCUT2D eigenvalue weighted by Gasteiger charge is 2.18. The lowest BCUT2D eigenvalue weighted by Gasteiger charge is -2.26. The number of nitriles is 2. The zero-order valence-corrected chi connectivity index (χ0v) is 25.7. The molecule has 0 bridgehead atoms. The third-order valence-electron chi connectivity index (χ3n) is 5.72. The quantitative estimate of drug-likeness (QED) is 0.418. The standard InChI is InChI=1S/C17H25N3O2.C12H17N3.CH4.2ClH/c1-17(2,3)22-16(21)19-12-15(20(4)5)10-13-6-8-14(11-18)9-7-13;1-15(2)12(9-14)7-10-3-5-11(8-13)6-4-10;;;/h6-9,15H,10,12H2,1-5H3,(H,19,21);3-6,12H,7,9,14H2,1-2H3;1H4;2*1H/t15-;12-;;;/m00.../s1. The highest BCUT2D eigenvalue weighted by molar-refractivity contribution is 5.85. The summed E-state index contributed by atoms with van der Waals surface area (Å²) in [4.78, 5) is 15.9. The van der Waals surface area contributed by atoms with Gasteiger partial charge in [-0.25, -0.2) is 4.79 Å². The van der Waals surface area contributed by atoms with Crippen LogP contribution in [0.3, 0.4) is 0 Å². The number of hydrogen-bond donors (Lipinski definition) is 2. The molecule has 0 spiro atoms. The van der Waals surface area contributed by atoms with Gasteiger partial charge in [0.05, 0.1) is 23.3 Å². The van der Waals surface area contributed by atoms with Crippen molar-refractivity contribution in [3.8, 4) is 12.1 Å². The lowest BCUT2D eigenvalue weighted by molar-refractivity contribution is 0.0514. The zero-order valence-electron chi connectivity index (χ0n) is 24.1. The molecule has 10 heteroatoms. The molecule has 2 aromatic carbocycles. The molecule has 0 fully saturated rings. The molecular formula is C30H48Cl2N6O2. The molecule has 40 heavy (non-hydrogen) atoms. The minimum absolute atomic E-state index is 0. The SMILES string of the molecule is C.CN(C)[C@H](CN)Cc1ccc(C#N)cc1.CN(C)[C@H](CNC(=O)OC(C)(C)C)Cc1ccc(C#N)cc1.Cl.Cl. The molecule has 0 aliphatic carbocycles. The molecule has 2 aromatic rings. The number of nitrogens with one attached hydrogen (secondary N) is 1. The molecule has 0 aliphatic heterocycles. The molecule has 0 unspecified atom stereocenters. The second-order valence-electron chi connectivity index (χ2n) is 10.4. The fourth-order valence-corrected chi connectivity index (χ4v) is 3.40. The molecule has 0 radical (unpaired) electrons. The summed E-state index contributed by atoms with van der Waals surface area (Å²) in [6.07, 6.45) is 1.31. The number of likely N-dealkylation sites (N-methyl/N-ethyl adjacent to an activating group) is 2. The Bertz CT molecular complexity index is 1040. The van der Waals surface area contributed by atoms with Crippen LogP contribution < -0.4 is 11.1 Å². The van der Waals surface area contributed by atoms with E-state index in [1.165, 1.54) is 5.56 Å². The number of nitrogens with two attached hydrogens (primary N) is 1. The summed E-state index contributed by atoms with van der Waals surface area (Å²) in [5.41, 5.74) is 8.89. The molecule has 1 amide bonds. The van der Waals surface area contributed by atoms with Crippen molar-refractivity contribution < 1.29 is 9.53 Å². The van der Waals surface area contributed by atoms with E-state index in [0.717, 1.165) is 18.4 Å². The van der Waals surface area contributed by atoms with E-state index in [1.54, 1.807) is 0 Å². The smallest absolute Gasteiger partial charge is 0.407 e. The first kappa shape index (κ1) is 41.6. The largest absolute Gasteiger partial charge is 0.444 e. The van der Waals surface area contributed by atoms with Crippen molar-refractivity contribution in [1.29, 1.82) is 10.5 Å². The normalized spacial score (nSPS) is 11.6. The van der Waals surface area contributed by atoms with Gasteiger partial charge in [-0.2, -0.15) is 10.5 Å². The Labute approximate surface area is 254 Å². The summed E-state index contributed by atoms with van der Waals surface area (Å²) in [5, 5.41) is 20.3. The van der Waals surface area contributed by atoms with Crippen LogP contribution in [-0.4, -0.2) is 74.9 Å². The number of nitrogens with zero attached hydrogens (tertiary/aromatic N) is 4. The number of benzene rings is 2. The lowest BCUT2D eigenvalue weighted by atomic mass is 10.0. The van der Waals surface area contributed by atoms with Gasteiger partial charge < -0.3 is 25.6 Å². The predicted molar refractivity (Wildman–Crippen MR) is 169 cm³/mol. The first-order chi connectivity index (χ1) is 17.4. The summed E-state index contributed by atoms with van der Waals surface area (Å²) in [6, 6.07) is 19.9. The minimum atomic E-state index is -0.495. The van der Waals surface area contributed by atoms with Crippen molar-refractivity contribution in [2.24, 2.45) is 5.73 Å². The van der Waals surface area contributed by atoms with Gasteiger partial charge in [-0.3, -0.25) is 0 Å². The first-order valence-corrected chi connectivity index (χ1v) is 12.4. The lowest BCUT2D eigenvalue weighted by Crippen LogP contribution is -2.43. The maximum Gasteiger partial charge on any atom is 0.407 e. The van der Waals surface area contributed by atoms with Crippen LogP contribution in [0.1, 0.15) is 50.5 Å². The Morgan fingerprint density at radius 1 is 0.850 bits per heavy atom. The number of ether oxygens (including phenoxy) is 1. The van der Waals surface area contributed by atoms with Gasteiger partial charge in [0.2, 0.25) is 0 Å². The average Bonchev–Trinajstić information content (AvgIpc) is 2.84. The Kier molecular flexibility index (Phi) is 21.8. The monoisotopic (exact) mass is 594 g/mol. The van der Waals surface area contributed by atoms with Crippen molar-refractivity contribution in [2.75, 3.05) is 41.3 Å². The molecule has 0 aliphatic rings. The summed E-state index contributed by atoms with van der Waals surface area (Å²) >= 11 is 0. The molecule has 8 nitrogen and oxygen atoms in total. The summed E-state index contributed by atoms with van der Waals surface area (Å²) in [6.45, 7) is 6.67. The summed E-state index contributed by atoms with van der Waals surface area (Å²) < 4.78 is 5.24. The highest BCUT2D eigenvalue weighted by atomic mass is 35.5. The van der Waals surface area contributed by atoms with Crippen LogP contribution in [0.15, 0.2) is 48.5 Å².